The van der Waals surface area contributed by atoms with E-state index in [1.807, 2.05) is 32.7 Å². The van der Waals surface area contributed by atoms with Crippen molar-refractivity contribution in [1.29, 1.82) is 0 Å². The van der Waals surface area contributed by atoms with Gasteiger partial charge >= 0.3 is 0 Å². The summed E-state index contributed by atoms with van der Waals surface area (Å²) < 4.78 is 11.4. The van der Waals surface area contributed by atoms with Crippen LogP contribution in [0.4, 0.5) is 5.69 Å². The molecule has 146 valence electrons. The third-order valence-electron chi connectivity index (χ3n) is 3.69. The summed E-state index contributed by atoms with van der Waals surface area (Å²) >= 11 is 0. The number of aromatic nitrogens is 1. The molecule has 0 N–H and O–H groups in total. The summed E-state index contributed by atoms with van der Waals surface area (Å²) in [5.74, 6) is 0.145. The minimum absolute atomic E-state index is 0.172. The summed E-state index contributed by atoms with van der Waals surface area (Å²) in [6, 6.07) is 1.74. The van der Waals surface area contributed by atoms with Gasteiger partial charge in [-0.15, -0.1) is 0 Å². The first-order valence-corrected chi connectivity index (χ1v) is 9.02. The fourth-order valence-corrected chi connectivity index (χ4v) is 2.05. The number of hydrogen-bond donors (Lipinski definition) is 0. The first-order chi connectivity index (χ1) is 12.3. The van der Waals surface area contributed by atoms with Crippen LogP contribution in [0.1, 0.15) is 43.2 Å². The highest BCUT2D eigenvalue weighted by Gasteiger charge is 2.20. The Morgan fingerprint density at radius 1 is 1.35 bits per heavy atom. The molecule has 7 heteroatoms. The van der Waals surface area contributed by atoms with E-state index < -0.39 is 0 Å². The van der Waals surface area contributed by atoms with Gasteiger partial charge in [-0.05, 0) is 33.3 Å². The monoisotopic (exact) mass is 364 g/mol. The molecule has 7 nitrogen and oxygen atoms in total. The lowest BCUT2D eigenvalue weighted by molar-refractivity contribution is 0.0552. The molecule has 0 saturated heterocycles. The van der Waals surface area contributed by atoms with Gasteiger partial charge in [-0.1, -0.05) is 6.92 Å². The quantitative estimate of drug-likeness (QED) is 0.363. The summed E-state index contributed by atoms with van der Waals surface area (Å²) in [4.78, 5) is 25.0. The van der Waals surface area contributed by atoms with Crippen molar-refractivity contribution >= 4 is 17.9 Å². The fourth-order valence-electron chi connectivity index (χ4n) is 2.05. The molecule has 1 amide bonds. The number of aliphatic imine (C=N–C) groups is 1. The predicted molar refractivity (Wildman–Crippen MR) is 105 cm³/mol. The van der Waals surface area contributed by atoms with Crippen LogP contribution >= 0.6 is 0 Å². The first kappa shape index (κ1) is 21.9. The van der Waals surface area contributed by atoms with Crippen LogP contribution in [0, 0.1) is 6.92 Å². The van der Waals surface area contributed by atoms with Gasteiger partial charge in [0.2, 0.25) is 5.88 Å². The van der Waals surface area contributed by atoms with E-state index in [1.54, 1.807) is 26.5 Å². The molecule has 0 fully saturated rings. The molecule has 0 aliphatic rings. The molecule has 0 radical (unpaired) electrons. The standard InChI is InChI=1S/C19H32N4O3/c1-8-10-25-12-14(3)26-18-16(19(24)22(5)6)11-17(15(4)21-18)20-13-23(7)9-2/h11,13-14H,8-10,12H2,1-7H3. The highest BCUT2D eigenvalue weighted by Crippen LogP contribution is 2.27. The molecule has 26 heavy (non-hydrogen) atoms. The lowest BCUT2D eigenvalue weighted by Gasteiger charge is -2.19. The molecule has 1 rings (SSSR count). The molecule has 0 aromatic carbocycles. The molecule has 0 aliphatic carbocycles. The van der Waals surface area contributed by atoms with E-state index in [1.165, 1.54) is 4.90 Å². The molecular weight excluding hydrogens is 332 g/mol. The molecule has 0 spiro atoms. The number of nitrogens with zero attached hydrogens (tertiary/aromatic N) is 4. The van der Waals surface area contributed by atoms with Crippen molar-refractivity contribution in [3.8, 4) is 5.88 Å². The van der Waals surface area contributed by atoms with Crippen molar-refractivity contribution in [2.45, 2.75) is 40.2 Å². The minimum Gasteiger partial charge on any atom is -0.472 e. The Balaban J connectivity index is 3.13. The molecular formula is C19H32N4O3. The summed E-state index contributed by atoms with van der Waals surface area (Å²) in [7, 11) is 5.34. The van der Waals surface area contributed by atoms with E-state index in [-0.39, 0.29) is 12.0 Å². The van der Waals surface area contributed by atoms with Crippen LogP contribution < -0.4 is 4.74 Å². The molecule has 1 aromatic rings. The van der Waals surface area contributed by atoms with Crippen LogP contribution in [-0.4, -0.2) is 74.0 Å². The molecule has 1 heterocycles. The highest BCUT2D eigenvalue weighted by atomic mass is 16.5. The second-order valence-corrected chi connectivity index (χ2v) is 6.47. The minimum atomic E-state index is -0.206. The van der Waals surface area contributed by atoms with E-state index in [9.17, 15) is 4.79 Å². The maximum atomic E-state index is 12.6. The van der Waals surface area contributed by atoms with Gasteiger partial charge < -0.3 is 19.3 Å². The third kappa shape index (κ3) is 6.63. The molecule has 0 bridgehead atoms. The lowest BCUT2D eigenvalue weighted by Crippen LogP contribution is -2.26. The maximum absolute atomic E-state index is 12.6. The Labute approximate surface area is 157 Å². The smallest absolute Gasteiger partial charge is 0.258 e. The number of amides is 1. The number of ether oxygens (including phenoxy) is 2. The van der Waals surface area contributed by atoms with Crippen LogP contribution in [-0.2, 0) is 4.74 Å². The summed E-state index contributed by atoms with van der Waals surface area (Å²) in [5.41, 5.74) is 1.75. The Morgan fingerprint density at radius 2 is 2.04 bits per heavy atom. The van der Waals surface area contributed by atoms with Crippen molar-refractivity contribution in [3.63, 3.8) is 0 Å². The predicted octanol–water partition coefficient (Wildman–Crippen LogP) is 2.90. The maximum Gasteiger partial charge on any atom is 0.258 e. The average molecular weight is 364 g/mol. The van der Waals surface area contributed by atoms with Crippen molar-refractivity contribution in [2.24, 2.45) is 4.99 Å². The van der Waals surface area contributed by atoms with Gasteiger partial charge in [-0.2, -0.15) is 0 Å². The Kier molecular flexibility index (Phi) is 9.05. The number of rotatable bonds is 10. The van der Waals surface area contributed by atoms with Gasteiger partial charge in [0, 0.05) is 34.3 Å². The number of carbonyl (C=O) groups is 1. The van der Waals surface area contributed by atoms with Crippen LogP contribution in [0.5, 0.6) is 5.88 Å². The number of pyridine rings is 1. The van der Waals surface area contributed by atoms with Crippen LogP contribution in [0.3, 0.4) is 0 Å². The van der Waals surface area contributed by atoms with Crippen molar-refractivity contribution < 1.29 is 14.3 Å². The van der Waals surface area contributed by atoms with Gasteiger partial charge in [-0.3, -0.25) is 4.79 Å². The Morgan fingerprint density at radius 3 is 2.62 bits per heavy atom. The highest BCUT2D eigenvalue weighted by molar-refractivity contribution is 5.97. The summed E-state index contributed by atoms with van der Waals surface area (Å²) in [5, 5.41) is 0. The van der Waals surface area contributed by atoms with Crippen molar-refractivity contribution in [3.05, 3.63) is 17.3 Å². The van der Waals surface area contributed by atoms with E-state index >= 15 is 0 Å². The van der Waals surface area contributed by atoms with E-state index in [2.05, 4.69) is 16.9 Å². The van der Waals surface area contributed by atoms with Gasteiger partial charge in [0.05, 0.1) is 24.3 Å². The summed E-state index contributed by atoms with van der Waals surface area (Å²) in [6.45, 7) is 9.83. The second-order valence-electron chi connectivity index (χ2n) is 6.47. The van der Waals surface area contributed by atoms with Gasteiger partial charge in [0.1, 0.15) is 11.7 Å². The number of aryl methyl sites for hydroxylation is 1. The SMILES string of the molecule is CCCOCC(C)Oc1nc(C)c(N=CN(C)CC)cc1C(=O)N(C)C. The van der Waals surface area contributed by atoms with Crippen LogP contribution in [0.2, 0.25) is 0 Å². The van der Waals surface area contributed by atoms with Gasteiger partial charge in [-0.25, -0.2) is 9.98 Å². The molecule has 0 aliphatic heterocycles. The number of hydrogen-bond acceptors (Lipinski definition) is 5. The van der Waals surface area contributed by atoms with Gasteiger partial charge in [0.25, 0.3) is 5.91 Å². The van der Waals surface area contributed by atoms with Gasteiger partial charge in [0.15, 0.2) is 0 Å². The van der Waals surface area contributed by atoms with E-state index in [0.717, 1.165) is 13.0 Å². The second kappa shape index (κ2) is 10.8. The van der Waals surface area contributed by atoms with Crippen molar-refractivity contribution in [2.75, 3.05) is 40.9 Å². The zero-order valence-electron chi connectivity index (χ0n) is 17.1. The zero-order valence-corrected chi connectivity index (χ0v) is 17.1. The number of carbonyl (C=O) groups excluding carboxylic acids is 1. The summed E-state index contributed by atoms with van der Waals surface area (Å²) in [6.07, 6.45) is 2.48. The molecule has 1 atom stereocenters. The molecule has 1 aromatic heterocycles. The van der Waals surface area contributed by atoms with Crippen LogP contribution in [0.15, 0.2) is 11.1 Å². The molecule has 1 unspecified atom stereocenters. The fraction of sp³-hybridized carbons (Fsp3) is 0.632. The van der Waals surface area contributed by atoms with E-state index in [0.29, 0.717) is 36.0 Å². The third-order valence-corrected chi connectivity index (χ3v) is 3.69. The zero-order chi connectivity index (χ0) is 19.7. The first-order valence-electron chi connectivity index (χ1n) is 9.02. The topological polar surface area (TPSA) is 67.3 Å². The van der Waals surface area contributed by atoms with Crippen molar-refractivity contribution in [1.82, 2.24) is 14.8 Å². The molecule has 0 saturated carbocycles. The van der Waals surface area contributed by atoms with Crippen LogP contribution in [0.25, 0.3) is 0 Å². The Bertz CT molecular complexity index is 617. The van der Waals surface area contributed by atoms with E-state index in [4.69, 9.17) is 9.47 Å². The normalized spacial score (nSPS) is 12.3. The Hall–Kier alpha value is -2.15. The lowest BCUT2D eigenvalue weighted by atomic mass is 10.2. The average Bonchev–Trinajstić information content (AvgIpc) is 2.60. The largest absolute Gasteiger partial charge is 0.472 e.